The maximum atomic E-state index is 13.3. The summed E-state index contributed by atoms with van der Waals surface area (Å²) in [6.45, 7) is 1.84. The summed E-state index contributed by atoms with van der Waals surface area (Å²) in [6.07, 6.45) is 1.84. The molecule has 0 saturated heterocycles. The Hall–Kier alpha value is -2.11. The predicted molar refractivity (Wildman–Crippen MR) is 85.1 cm³/mol. The fraction of sp³-hybridized carbons (Fsp3) is 0.500. The maximum absolute atomic E-state index is 13.3. The zero-order valence-corrected chi connectivity index (χ0v) is 14.1. The molecule has 0 aromatic heterocycles. The highest BCUT2D eigenvalue weighted by Gasteiger charge is 2.35. The summed E-state index contributed by atoms with van der Waals surface area (Å²) in [5.41, 5.74) is 1.76. The summed E-state index contributed by atoms with van der Waals surface area (Å²) < 4.78 is 41.8. The van der Waals surface area contributed by atoms with Crippen LogP contribution in [0.5, 0.6) is 5.75 Å². The molecule has 0 unspecified atom stereocenters. The van der Waals surface area contributed by atoms with E-state index in [0.717, 1.165) is 11.1 Å². The standard InChI is InChI=1S/C18H22F2O4/c1-12-4-5-14(13-6-8-18(19,20)9-7-13)10-15(12)24-16(11-22-2)17(21)23-3/h4-5,10-11,13H,6-9H2,1-3H3/b16-11-. The zero-order chi connectivity index (χ0) is 17.7. The lowest BCUT2D eigenvalue weighted by Gasteiger charge is -2.28. The molecule has 0 atom stereocenters. The third kappa shape index (κ3) is 4.46. The quantitative estimate of drug-likeness (QED) is 0.455. The van der Waals surface area contributed by atoms with Gasteiger partial charge in [-0.25, -0.2) is 13.6 Å². The minimum Gasteiger partial charge on any atom is -0.500 e. The minimum atomic E-state index is -2.56. The number of carbonyl (C=O) groups excluding carboxylic acids is 1. The number of halogens is 2. The molecule has 132 valence electrons. The van der Waals surface area contributed by atoms with Crippen molar-refractivity contribution in [1.29, 1.82) is 0 Å². The molecule has 1 fully saturated rings. The molecule has 1 aromatic rings. The number of esters is 1. The van der Waals surface area contributed by atoms with Gasteiger partial charge in [-0.3, -0.25) is 0 Å². The van der Waals surface area contributed by atoms with Gasteiger partial charge in [-0.1, -0.05) is 12.1 Å². The molecule has 1 aromatic carbocycles. The number of ether oxygens (including phenoxy) is 3. The first kappa shape index (κ1) is 18.2. The Labute approximate surface area is 140 Å². The van der Waals surface area contributed by atoms with Gasteiger partial charge in [0.05, 0.1) is 14.2 Å². The van der Waals surface area contributed by atoms with E-state index in [9.17, 15) is 13.6 Å². The molecule has 0 radical (unpaired) electrons. The van der Waals surface area contributed by atoms with Crippen LogP contribution in [-0.4, -0.2) is 26.1 Å². The summed E-state index contributed by atoms with van der Waals surface area (Å²) in [5.74, 6) is -2.73. The van der Waals surface area contributed by atoms with Gasteiger partial charge in [0.25, 0.3) is 0 Å². The van der Waals surface area contributed by atoms with E-state index in [1.807, 2.05) is 19.1 Å². The van der Waals surface area contributed by atoms with Gasteiger partial charge >= 0.3 is 5.97 Å². The minimum absolute atomic E-state index is 0.0700. The molecule has 0 aliphatic heterocycles. The molecule has 1 aliphatic rings. The Morgan fingerprint density at radius 1 is 1.25 bits per heavy atom. The number of aryl methyl sites for hydroxylation is 1. The lowest BCUT2D eigenvalue weighted by molar-refractivity contribution is -0.138. The monoisotopic (exact) mass is 340 g/mol. The molecule has 0 N–H and O–H groups in total. The van der Waals surface area contributed by atoms with Crippen molar-refractivity contribution in [3.63, 3.8) is 0 Å². The third-order valence-corrected chi connectivity index (χ3v) is 4.23. The Bertz CT molecular complexity index is 615. The number of methoxy groups -OCH3 is 2. The van der Waals surface area contributed by atoms with E-state index < -0.39 is 11.9 Å². The first-order valence-corrected chi connectivity index (χ1v) is 7.84. The predicted octanol–water partition coefficient (Wildman–Crippen LogP) is 4.33. The lowest BCUT2D eigenvalue weighted by atomic mass is 9.82. The number of benzene rings is 1. The fourth-order valence-corrected chi connectivity index (χ4v) is 2.79. The first-order chi connectivity index (χ1) is 11.4. The van der Waals surface area contributed by atoms with E-state index in [1.165, 1.54) is 20.5 Å². The van der Waals surface area contributed by atoms with Crippen molar-refractivity contribution >= 4 is 5.97 Å². The molecule has 6 heteroatoms. The SMILES string of the molecule is CO/C=C(\Oc1cc(C2CCC(F)(F)CC2)ccc1C)C(=O)OC. The van der Waals surface area contributed by atoms with Crippen LogP contribution >= 0.6 is 0 Å². The Morgan fingerprint density at radius 3 is 2.50 bits per heavy atom. The molecule has 0 spiro atoms. The Kier molecular flexibility index (Phi) is 5.80. The molecule has 1 saturated carbocycles. The van der Waals surface area contributed by atoms with Crippen LogP contribution in [0.2, 0.25) is 0 Å². The normalized spacial score (nSPS) is 18.1. The molecular weight excluding hydrogens is 318 g/mol. The van der Waals surface area contributed by atoms with Crippen LogP contribution in [0.25, 0.3) is 0 Å². The molecule has 0 bridgehead atoms. The van der Waals surface area contributed by atoms with Gasteiger partial charge in [0.2, 0.25) is 11.7 Å². The van der Waals surface area contributed by atoms with Crippen molar-refractivity contribution in [1.82, 2.24) is 0 Å². The lowest BCUT2D eigenvalue weighted by Crippen LogP contribution is -2.23. The second-order valence-corrected chi connectivity index (χ2v) is 5.97. The molecule has 4 nitrogen and oxygen atoms in total. The van der Waals surface area contributed by atoms with Gasteiger partial charge in [-0.2, -0.15) is 0 Å². The van der Waals surface area contributed by atoms with E-state index in [1.54, 1.807) is 6.07 Å². The molecule has 1 aliphatic carbocycles. The number of hydrogen-bond acceptors (Lipinski definition) is 4. The zero-order valence-electron chi connectivity index (χ0n) is 14.1. The van der Waals surface area contributed by atoms with Crippen molar-refractivity contribution in [2.45, 2.75) is 44.4 Å². The molecule has 0 amide bonds. The van der Waals surface area contributed by atoms with E-state index in [4.69, 9.17) is 9.47 Å². The van der Waals surface area contributed by atoms with Gasteiger partial charge in [-0.05, 0) is 42.9 Å². The van der Waals surface area contributed by atoms with Crippen LogP contribution in [-0.2, 0) is 14.3 Å². The van der Waals surface area contributed by atoms with Crippen LogP contribution < -0.4 is 4.74 Å². The highest BCUT2D eigenvalue weighted by atomic mass is 19.3. The van der Waals surface area contributed by atoms with Gasteiger partial charge in [0, 0.05) is 12.8 Å². The number of rotatable bonds is 5. The van der Waals surface area contributed by atoms with E-state index >= 15 is 0 Å². The summed E-state index contributed by atoms with van der Waals surface area (Å²) in [4.78, 5) is 11.7. The van der Waals surface area contributed by atoms with E-state index in [-0.39, 0.29) is 24.5 Å². The van der Waals surface area contributed by atoms with Crippen molar-refractivity contribution in [3.8, 4) is 5.75 Å². The fourth-order valence-electron chi connectivity index (χ4n) is 2.79. The Morgan fingerprint density at radius 2 is 1.92 bits per heavy atom. The second-order valence-electron chi connectivity index (χ2n) is 5.97. The summed E-state index contributed by atoms with van der Waals surface area (Å²) in [6, 6.07) is 5.59. The van der Waals surface area contributed by atoms with E-state index in [2.05, 4.69) is 4.74 Å². The number of hydrogen-bond donors (Lipinski definition) is 0. The van der Waals surface area contributed by atoms with Crippen molar-refractivity contribution in [3.05, 3.63) is 41.3 Å². The number of alkyl halides is 2. The Balaban J connectivity index is 2.19. The smallest absolute Gasteiger partial charge is 0.377 e. The molecule has 0 heterocycles. The maximum Gasteiger partial charge on any atom is 0.377 e. The van der Waals surface area contributed by atoms with Gasteiger partial charge in [0.1, 0.15) is 12.0 Å². The summed E-state index contributed by atoms with van der Waals surface area (Å²) in [7, 11) is 2.65. The van der Waals surface area contributed by atoms with Crippen LogP contribution in [0, 0.1) is 6.92 Å². The third-order valence-electron chi connectivity index (χ3n) is 4.23. The highest BCUT2D eigenvalue weighted by molar-refractivity contribution is 5.86. The average Bonchev–Trinajstić information content (AvgIpc) is 2.55. The van der Waals surface area contributed by atoms with Crippen LogP contribution in [0.3, 0.4) is 0 Å². The first-order valence-electron chi connectivity index (χ1n) is 7.84. The van der Waals surface area contributed by atoms with Crippen molar-refractivity contribution in [2.75, 3.05) is 14.2 Å². The van der Waals surface area contributed by atoms with Gasteiger partial charge in [0.15, 0.2) is 0 Å². The van der Waals surface area contributed by atoms with Crippen molar-refractivity contribution in [2.24, 2.45) is 0 Å². The van der Waals surface area contributed by atoms with E-state index in [0.29, 0.717) is 18.6 Å². The summed E-state index contributed by atoms with van der Waals surface area (Å²) in [5, 5.41) is 0. The van der Waals surface area contributed by atoms with Gasteiger partial charge < -0.3 is 14.2 Å². The highest BCUT2D eigenvalue weighted by Crippen LogP contribution is 2.41. The molecular formula is C18H22F2O4. The average molecular weight is 340 g/mol. The van der Waals surface area contributed by atoms with Gasteiger partial charge in [-0.15, -0.1) is 0 Å². The number of carbonyl (C=O) groups is 1. The summed E-state index contributed by atoms with van der Waals surface area (Å²) >= 11 is 0. The van der Waals surface area contributed by atoms with Crippen molar-refractivity contribution < 1.29 is 27.8 Å². The largest absolute Gasteiger partial charge is 0.500 e. The van der Waals surface area contributed by atoms with Crippen LogP contribution in [0.15, 0.2) is 30.2 Å². The molecule has 24 heavy (non-hydrogen) atoms. The topological polar surface area (TPSA) is 44.8 Å². The van der Waals surface area contributed by atoms with Crippen LogP contribution in [0.4, 0.5) is 8.78 Å². The second kappa shape index (κ2) is 7.64. The molecule has 2 rings (SSSR count). The van der Waals surface area contributed by atoms with Crippen LogP contribution in [0.1, 0.15) is 42.7 Å².